The number of aryl methyl sites for hydroxylation is 3. The lowest BCUT2D eigenvalue weighted by Gasteiger charge is -2.23. The molecule has 0 fully saturated rings. The van der Waals surface area contributed by atoms with Gasteiger partial charge in [-0.1, -0.05) is 23.7 Å². The third-order valence-electron chi connectivity index (χ3n) is 3.97. The van der Waals surface area contributed by atoms with Crippen LogP contribution in [0.15, 0.2) is 18.2 Å². The van der Waals surface area contributed by atoms with Gasteiger partial charge in [0.1, 0.15) is 11.6 Å². The first-order chi connectivity index (χ1) is 11.0. The molecular weight excluding hydrogens is 314 g/mol. The molecule has 3 rings (SSSR count). The number of hydrogen-bond acceptors (Lipinski definition) is 3. The zero-order chi connectivity index (χ0) is 16.4. The van der Waals surface area contributed by atoms with Gasteiger partial charge < -0.3 is 10.6 Å². The fraction of sp³-hybridized carbons (Fsp3) is 0.438. The molecule has 1 atom stereocenters. The summed E-state index contributed by atoms with van der Waals surface area (Å²) in [6, 6.07) is 5.66. The maximum atomic E-state index is 12.1. The molecule has 2 amide bonds. The largest absolute Gasteiger partial charge is 0.334 e. The summed E-state index contributed by atoms with van der Waals surface area (Å²) >= 11 is 6.00. The Morgan fingerprint density at radius 3 is 3.04 bits per heavy atom. The maximum absolute atomic E-state index is 12.1. The standard InChI is InChI=1S/C16H20ClN5O/c1-10-7-12(3-5-14(10)17)8-18-16(23)20-13-4-6-15-19-11(2)21-22(15)9-13/h3,5,7,13H,4,6,8-9H2,1-2H3,(H2,18,20,23). The molecule has 1 aliphatic rings. The number of urea groups is 1. The van der Waals surface area contributed by atoms with Crippen LogP contribution in [0.2, 0.25) is 5.02 Å². The summed E-state index contributed by atoms with van der Waals surface area (Å²) in [6.07, 6.45) is 1.72. The van der Waals surface area contributed by atoms with E-state index in [0.29, 0.717) is 13.1 Å². The maximum Gasteiger partial charge on any atom is 0.315 e. The monoisotopic (exact) mass is 333 g/mol. The second-order valence-electron chi connectivity index (χ2n) is 5.90. The van der Waals surface area contributed by atoms with Crippen LogP contribution in [0.4, 0.5) is 4.79 Å². The van der Waals surface area contributed by atoms with Gasteiger partial charge in [-0.15, -0.1) is 0 Å². The van der Waals surface area contributed by atoms with Crippen molar-refractivity contribution in [3.05, 3.63) is 46.0 Å². The Hall–Kier alpha value is -2.08. The Bertz CT molecular complexity index is 727. The zero-order valence-corrected chi connectivity index (χ0v) is 14.0. The quantitative estimate of drug-likeness (QED) is 0.905. The molecule has 2 heterocycles. The van der Waals surface area contributed by atoms with Crippen molar-refractivity contribution in [1.29, 1.82) is 0 Å². The molecule has 0 saturated heterocycles. The number of aromatic nitrogens is 3. The van der Waals surface area contributed by atoms with Crippen LogP contribution in [-0.2, 0) is 19.5 Å². The van der Waals surface area contributed by atoms with Crippen LogP contribution >= 0.6 is 11.6 Å². The summed E-state index contributed by atoms with van der Waals surface area (Å²) < 4.78 is 1.88. The molecule has 2 aromatic rings. The van der Waals surface area contributed by atoms with Gasteiger partial charge in [0.25, 0.3) is 0 Å². The first-order valence-corrected chi connectivity index (χ1v) is 8.09. The zero-order valence-electron chi connectivity index (χ0n) is 13.3. The number of rotatable bonds is 3. The van der Waals surface area contributed by atoms with Crippen LogP contribution in [0.1, 0.15) is 29.2 Å². The number of benzene rings is 1. The van der Waals surface area contributed by atoms with E-state index in [1.54, 1.807) is 0 Å². The Kier molecular flexibility index (Phi) is 4.52. The molecule has 122 valence electrons. The number of hydrogen-bond donors (Lipinski definition) is 2. The number of fused-ring (bicyclic) bond motifs is 1. The third-order valence-corrected chi connectivity index (χ3v) is 4.40. The van der Waals surface area contributed by atoms with Gasteiger partial charge >= 0.3 is 6.03 Å². The van der Waals surface area contributed by atoms with E-state index in [0.717, 1.165) is 40.6 Å². The van der Waals surface area contributed by atoms with E-state index >= 15 is 0 Å². The van der Waals surface area contributed by atoms with Crippen molar-refractivity contribution in [2.45, 2.75) is 45.8 Å². The van der Waals surface area contributed by atoms with E-state index in [1.807, 2.05) is 36.7 Å². The second-order valence-corrected chi connectivity index (χ2v) is 6.31. The summed E-state index contributed by atoms with van der Waals surface area (Å²) in [5, 5.41) is 11.0. The molecule has 0 saturated carbocycles. The fourth-order valence-electron chi connectivity index (χ4n) is 2.79. The molecule has 0 aliphatic carbocycles. The fourth-order valence-corrected chi connectivity index (χ4v) is 2.90. The Morgan fingerprint density at radius 1 is 1.43 bits per heavy atom. The predicted molar refractivity (Wildman–Crippen MR) is 88.4 cm³/mol. The molecular formula is C16H20ClN5O. The summed E-state index contributed by atoms with van der Waals surface area (Å²) in [6.45, 7) is 4.98. The van der Waals surface area contributed by atoms with Crippen molar-refractivity contribution >= 4 is 17.6 Å². The van der Waals surface area contributed by atoms with E-state index in [2.05, 4.69) is 20.7 Å². The molecule has 1 aromatic carbocycles. The van der Waals surface area contributed by atoms with Crippen LogP contribution < -0.4 is 10.6 Å². The smallest absolute Gasteiger partial charge is 0.315 e. The second kappa shape index (κ2) is 6.58. The van der Waals surface area contributed by atoms with Gasteiger partial charge in [0.2, 0.25) is 0 Å². The van der Waals surface area contributed by atoms with E-state index in [-0.39, 0.29) is 12.1 Å². The molecule has 7 heteroatoms. The summed E-state index contributed by atoms with van der Waals surface area (Å²) in [4.78, 5) is 16.4. The van der Waals surface area contributed by atoms with Gasteiger partial charge in [-0.25, -0.2) is 14.5 Å². The molecule has 1 aromatic heterocycles. The lowest BCUT2D eigenvalue weighted by Crippen LogP contribution is -2.45. The average Bonchev–Trinajstić information content (AvgIpc) is 2.88. The van der Waals surface area contributed by atoms with Crippen LogP contribution in [0.3, 0.4) is 0 Å². The molecule has 0 radical (unpaired) electrons. The van der Waals surface area contributed by atoms with Gasteiger partial charge in [0, 0.05) is 18.0 Å². The number of nitrogens with one attached hydrogen (secondary N) is 2. The van der Waals surface area contributed by atoms with E-state index in [4.69, 9.17) is 11.6 Å². The molecule has 0 bridgehead atoms. The number of nitrogens with zero attached hydrogens (tertiary/aromatic N) is 3. The Morgan fingerprint density at radius 2 is 2.26 bits per heavy atom. The highest BCUT2D eigenvalue weighted by atomic mass is 35.5. The van der Waals surface area contributed by atoms with Crippen LogP contribution in [0, 0.1) is 13.8 Å². The van der Waals surface area contributed by atoms with Gasteiger partial charge in [-0.05, 0) is 37.5 Å². The summed E-state index contributed by atoms with van der Waals surface area (Å²) in [5.74, 6) is 1.78. The summed E-state index contributed by atoms with van der Waals surface area (Å²) in [5.41, 5.74) is 2.03. The molecule has 0 spiro atoms. The summed E-state index contributed by atoms with van der Waals surface area (Å²) in [7, 11) is 0. The SMILES string of the molecule is Cc1nc2n(n1)CC(NC(=O)NCc1ccc(Cl)c(C)c1)CC2. The highest BCUT2D eigenvalue weighted by Gasteiger charge is 2.22. The topological polar surface area (TPSA) is 71.8 Å². The van der Waals surface area contributed by atoms with Crippen molar-refractivity contribution in [3.63, 3.8) is 0 Å². The van der Waals surface area contributed by atoms with Crippen molar-refractivity contribution in [1.82, 2.24) is 25.4 Å². The highest BCUT2D eigenvalue weighted by molar-refractivity contribution is 6.31. The number of carbonyl (C=O) groups excluding carboxylic acids is 1. The minimum Gasteiger partial charge on any atom is -0.334 e. The number of carbonyl (C=O) groups is 1. The average molecular weight is 334 g/mol. The van der Waals surface area contributed by atoms with E-state index in [1.165, 1.54) is 0 Å². The number of amides is 2. The van der Waals surface area contributed by atoms with Crippen molar-refractivity contribution in [3.8, 4) is 0 Å². The van der Waals surface area contributed by atoms with Gasteiger partial charge in [0.15, 0.2) is 0 Å². The highest BCUT2D eigenvalue weighted by Crippen LogP contribution is 2.16. The third kappa shape index (κ3) is 3.82. The lowest BCUT2D eigenvalue weighted by atomic mass is 10.1. The van der Waals surface area contributed by atoms with E-state index in [9.17, 15) is 4.79 Å². The van der Waals surface area contributed by atoms with Crippen molar-refractivity contribution < 1.29 is 4.79 Å². The van der Waals surface area contributed by atoms with Crippen LogP contribution in [0.25, 0.3) is 0 Å². The molecule has 1 unspecified atom stereocenters. The van der Waals surface area contributed by atoms with Crippen LogP contribution in [0.5, 0.6) is 0 Å². The molecule has 23 heavy (non-hydrogen) atoms. The first kappa shape index (κ1) is 15.8. The van der Waals surface area contributed by atoms with Gasteiger partial charge in [-0.2, -0.15) is 5.10 Å². The predicted octanol–water partition coefficient (Wildman–Crippen LogP) is 2.36. The van der Waals surface area contributed by atoms with Gasteiger partial charge in [-0.3, -0.25) is 0 Å². The lowest BCUT2D eigenvalue weighted by molar-refractivity contribution is 0.231. The molecule has 1 aliphatic heterocycles. The normalized spacial score (nSPS) is 16.7. The minimum absolute atomic E-state index is 0.0792. The van der Waals surface area contributed by atoms with E-state index < -0.39 is 0 Å². The molecule has 6 nitrogen and oxygen atoms in total. The molecule has 2 N–H and O–H groups in total. The van der Waals surface area contributed by atoms with Crippen molar-refractivity contribution in [2.24, 2.45) is 0 Å². The Balaban J connectivity index is 1.51. The van der Waals surface area contributed by atoms with Gasteiger partial charge in [0.05, 0.1) is 12.6 Å². The van der Waals surface area contributed by atoms with Crippen molar-refractivity contribution in [2.75, 3.05) is 0 Å². The first-order valence-electron chi connectivity index (χ1n) is 7.71. The number of halogens is 1. The Labute approximate surface area is 140 Å². The van der Waals surface area contributed by atoms with Crippen LogP contribution in [-0.4, -0.2) is 26.8 Å². The minimum atomic E-state index is -0.164.